The van der Waals surface area contributed by atoms with Crippen LogP contribution in [0, 0.1) is 18.8 Å². The molecule has 1 aromatic carbocycles. The maximum Gasteiger partial charge on any atom is 0.135 e. The molecule has 1 saturated heterocycles. The van der Waals surface area contributed by atoms with Crippen LogP contribution in [0.4, 0.5) is 0 Å². The summed E-state index contributed by atoms with van der Waals surface area (Å²) in [7, 11) is 0. The van der Waals surface area contributed by atoms with E-state index in [0.29, 0.717) is 24.0 Å². The van der Waals surface area contributed by atoms with Crippen LogP contribution in [0.3, 0.4) is 0 Å². The van der Waals surface area contributed by atoms with E-state index < -0.39 is 0 Å². The lowest BCUT2D eigenvalue weighted by molar-refractivity contribution is -0.123. The molecule has 2 aliphatic rings. The Labute approximate surface area is 181 Å². The lowest BCUT2D eigenvalue weighted by Crippen LogP contribution is -2.34. The number of hydrogen-bond acceptors (Lipinski definition) is 3. The molecule has 162 valence electrons. The van der Waals surface area contributed by atoms with E-state index in [-0.39, 0.29) is 0 Å². The van der Waals surface area contributed by atoms with Crippen molar-refractivity contribution in [2.75, 3.05) is 13.1 Å². The van der Waals surface area contributed by atoms with Gasteiger partial charge in [-0.25, -0.2) is 0 Å². The van der Waals surface area contributed by atoms with Gasteiger partial charge in [0.25, 0.3) is 0 Å². The van der Waals surface area contributed by atoms with Gasteiger partial charge >= 0.3 is 0 Å². The summed E-state index contributed by atoms with van der Waals surface area (Å²) in [6.45, 7) is 8.59. The van der Waals surface area contributed by atoms with E-state index in [2.05, 4.69) is 52.1 Å². The Morgan fingerprint density at radius 3 is 2.33 bits per heavy atom. The molecular weight excluding hydrogens is 370 g/mol. The number of likely N-dealkylation sites (tertiary alicyclic amines) is 1. The quantitative estimate of drug-likeness (QED) is 0.620. The van der Waals surface area contributed by atoms with Crippen LogP contribution in [0.5, 0.6) is 0 Å². The Morgan fingerprint density at radius 2 is 1.73 bits per heavy atom. The molecule has 0 amide bonds. The van der Waals surface area contributed by atoms with Crippen LogP contribution in [0.2, 0.25) is 0 Å². The Bertz CT molecular complexity index is 809. The number of rotatable bonds is 7. The monoisotopic (exact) mass is 407 g/mol. The Balaban J connectivity index is 1.22. The first-order chi connectivity index (χ1) is 14.6. The second-order valence-corrected chi connectivity index (χ2v) is 9.57. The third-order valence-electron chi connectivity index (χ3n) is 7.30. The normalized spacial score (nSPS) is 23.5. The highest BCUT2D eigenvalue weighted by Gasteiger charge is 2.26. The molecule has 0 N–H and O–H groups in total. The number of aromatic nitrogens is 2. The maximum absolute atomic E-state index is 11.9. The fourth-order valence-corrected chi connectivity index (χ4v) is 5.35. The molecule has 2 aromatic rings. The Morgan fingerprint density at radius 1 is 1.03 bits per heavy atom. The van der Waals surface area contributed by atoms with Crippen LogP contribution in [0.25, 0.3) is 0 Å². The molecule has 0 spiro atoms. The number of piperidine rings is 1. The first-order valence-electron chi connectivity index (χ1n) is 11.9. The lowest BCUT2D eigenvalue weighted by atomic mass is 9.77. The van der Waals surface area contributed by atoms with E-state index in [4.69, 9.17) is 0 Å². The molecule has 0 atom stereocenters. The number of carbonyl (C=O) groups excluding carboxylic acids is 1. The zero-order chi connectivity index (χ0) is 20.9. The third kappa shape index (κ3) is 5.40. The average Bonchev–Trinajstić information content (AvgIpc) is 3.20. The van der Waals surface area contributed by atoms with Crippen LogP contribution in [0.15, 0.2) is 36.7 Å². The van der Waals surface area contributed by atoms with Gasteiger partial charge in [0.1, 0.15) is 5.78 Å². The Hall–Kier alpha value is -1.94. The van der Waals surface area contributed by atoms with E-state index in [1.54, 1.807) is 0 Å². The van der Waals surface area contributed by atoms with E-state index in [1.165, 1.54) is 55.5 Å². The number of nitrogens with zero attached hydrogens (tertiary/aromatic N) is 3. The number of hydrogen-bond donors (Lipinski definition) is 0. The van der Waals surface area contributed by atoms with Crippen molar-refractivity contribution in [2.45, 2.75) is 77.8 Å². The molecule has 1 aliphatic carbocycles. The van der Waals surface area contributed by atoms with Crippen LogP contribution in [-0.4, -0.2) is 33.6 Å². The minimum atomic E-state index is 0.325. The fraction of sp³-hybridized carbons (Fsp3) is 0.615. The van der Waals surface area contributed by atoms with Gasteiger partial charge in [-0.15, -0.1) is 0 Å². The molecule has 1 saturated carbocycles. The van der Waals surface area contributed by atoms with Gasteiger partial charge in [0.15, 0.2) is 0 Å². The van der Waals surface area contributed by atoms with Crippen molar-refractivity contribution in [1.29, 1.82) is 0 Å². The second kappa shape index (κ2) is 9.91. The first kappa shape index (κ1) is 21.3. The van der Waals surface area contributed by atoms with Crippen molar-refractivity contribution in [3.8, 4) is 0 Å². The molecule has 4 heteroatoms. The van der Waals surface area contributed by atoms with Crippen LogP contribution in [0.1, 0.15) is 74.5 Å². The van der Waals surface area contributed by atoms with Gasteiger partial charge in [0.2, 0.25) is 0 Å². The standard InChI is InChI=1S/C26H37N3O/c1-3-26(30)25-10-8-24(9-11-25)23-6-4-21(5-7-23)18-28-14-12-22(13-15-28)19-29-17-20(2)16-27-29/h4-7,16-17,22,24-25H,3,8-15,18-19H2,1-2H3/t24-,25+. The summed E-state index contributed by atoms with van der Waals surface area (Å²) < 4.78 is 2.11. The number of ketones is 1. The van der Waals surface area contributed by atoms with E-state index in [9.17, 15) is 4.79 Å². The molecule has 2 heterocycles. The molecule has 4 rings (SSSR count). The molecule has 0 radical (unpaired) electrons. The molecule has 1 aliphatic heterocycles. The van der Waals surface area contributed by atoms with Gasteiger partial charge in [0.05, 0.1) is 6.20 Å². The van der Waals surface area contributed by atoms with E-state index in [1.807, 2.05) is 13.1 Å². The predicted octanol–water partition coefficient (Wildman–Crippen LogP) is 5.36. The summed E-state index contributed by atoms with van der Waals surface area (Å²) in [6.07, 6.45) is 11.8. The van der Waals surface area contributed by atoms with Gasteiger partial charge < -0.3 is 0 Å². The van der Waals surface area contributed by atoms with Crippen molar-refractivity contribution >= 4 is 5.78 Å². The molecular formula is C26H37N3O. The highest BCUT2D eigenvalue weighted by molar-refractivity contribution is 5.80. The smallest absolute Gasteiger partial charge is 0.135 e. The van der Waals surface area contributed by atoms with Gasteiger partial charge in [-0.2, -0.15) is 5.10 Å². The number of Topliss-reactive ketones (excluding diaryl/α,β-unsaturated/α-hetero) is 1. The first-order valence-corrected chi connectivity index (χ1v) is 11.9. The topological polar surface area (TPSA) is 38.1 Å². The van der Waals surface area contributed by atoms with Gasteiger partial charge in [0, 0.05) is 31.6 Å². The highest BCUT2D eigenvalue weighted by Crippen LogP contribution is 2.36. The number of benzene rings is 1. The van der Waals surface area contributed by atoms with E-state index >= 15 is 0 Å². The maximum atomic E-state index is 11.9. The largest absolute Gasteiger partial charge is 0.299 e. The van der Waals surface area contributed by atoms with Gasteiger partial charge in [-0.05, 0) is 87.1 Å². The summed E-state index contributed by atoms with van der Waals surface area (Å²) in [5, 5.41) is 4.45. The third-order valence-corrected chi connectivity index (χ3v) is 7.30. The van der Waals surface area contributed by atoms with E-state index in [0.717, 1.165) is 31.8 Å². The zero-order valence-electron chi connectivity index (χ0n) is 18.7. The minimum Gasteiger partial charge on any atom is -0.299 e. The number of carbonyl (C=O) groups is 1. The van der Waals surface area contributed by atoms with Gasteiger partial charge in [-0.1, -0.05) is 31.2 Å². The van der Waals surface area contributed by atoms with Gasteiger partial charge in [-0.3, -0.25) is 14.4 Å². The fourth-order valence-electron chi connectivity index (χ4n) is 5.35. The van der Waals surface area contributed by atoms with Crippen molar-refractivity contribution in [3.05, 3.63) is 53.3 Å². The highest BCUT2D eigenvalue weighted by atomic mass is 16.1. The molecule has 4 nitrogen and oxygen atoms in total. The van der Waals surface area contributed by atoms with Crippen LogP contribution in [-0.2, 0) is 17.9 Å². The second-order valence-electron chi connectivity index (χ2n) is 9.57. The van der Waals surface area contributed by atoms with Crippen LogP contribution >= 0.6 is 0 Å². The molecule has 30 heavy (non-hydrogen) atoms. The summed E-state index contributed by atoms with van der Waals surface area (Å²) in [6, 6.07) is 9.35. The lowest BCUT2D eigenvalue weighted by Gasteiger charge is -2.32. The summed E-state index contributed by atoms with van der Waals surface area (Å²) >= 11 is 0. The molecule has 0 unspecified atom stereocenters. The summed E-state index contributed by atoms with van der Waals surface area (Å²) in [4.78, 5) is 14.5. The summed E-state index contributed by atoms with van der Waals surface area (Å²) in [5.74, 6) is 2.18. The molecule has 2 fully saturated rings. The predicted molar refractivity (Wildman–Crippen MR) is 121 cm³/mol. The van der Waals surface area contributed by atoms with Crippen molar-refractivity contribution in [1.82, 2.24) is 14.7 Å². The summed E-state index contributed by atoms with van der Waals surface area (Å²) in [5.41, 5.74) is 4.14. The minimum absolute atomic E-state index is 0.325. The van der Waals surface area contributed by atoms with Crippen LogP contribution < -0.4 is 0 Å². The molecule has 1 aromatic heterocycles. The average molecular weight is 408 g/mol. The molecule has 0 bridgehead atoms. The zero-order valence-corrected chi connectivity index (χ0v) is 18.7. The van der Waals surface area contributed by atoms with Crippen molar-refractivity contribution in [3.63, 3.8) is 0 Å². The SMILES string of the molecule is CCC(=O)[C@H]1CC[C@@H](c2ccc(CN3CCC(Cn4cc(C)cn4)CC3)cc2)CC1. The Kier molecular flexibility index (Phi) is 7.04. The van der Waals surface area contributed by atoms with Crippen molar-refractivity contribution < 1.29 is 4.79 Å². The number of aryl methyl sites for hydroxylation is 1. The van der Waals surface area contributed by atoms with Crippen molar-refractivity contribution in [2.24, 2.45) is 11.8 Å².